The number of rotatable bonds is 73. The lowest BCUT2D eigenvalue weighted by Crippen LogP contribution is -2.30. The second-order valence-corrected chi connectivity index (χ2v) is 28.8. The number of unbranched alkanes of at least 4 members (excludes halogenated alkanes) is 17. The third-order valence-corrected chi connectivity index (χ3v) is 17.7. The van der Waals surface area contributed by atoms with Crippen LogP contribution in [0.15, 0.2) is 182 Å². The van der Waals surface area contributed by atoms with Gasteiger partial charge in [-0.1, -0.05) is 268 Å². The van der Waals surface area contributed by atoms with Crippen molar-refractivity contribution in [3.05, 3.63) is 182 Å². The van der Waals surface area contributed by atoms with Crippen LogP contribution in [0.25, 0.3) is 0 Å². The van der Waals surface area contributed by atoms with Crippen molar-refractivity contribution < 1.29 is 80.2 Å². The highest BCUT2D eigenvalue weighted by Gasteiger charge is 2.30. The highest BCUT2D eigenvalue weighted by atomic mass is 31.2. The quantitative estimate of drug-likeness (QED) is 0.0169. The van der Waals surface area contributed by atoms with Crippen molar-refractivity contribution in [2.24, 2.45) is 0 Å². The van der Waals surface area contributed by atoms with E-state index in [4.69, 9.17) is 37.0 Å². The minimum Gasteiger partial charge on any atom is -0.462 e. The van der Waals surface area contributed by atoms with Gasteiger partial charge in [0.1, 0.15) is 19.3 Å². The van der Waals surface area contributed by atoms with E-state index in [0.29, 0.717) is 38.5 Å². The zero-order valence-electron chi connectivity index (χ0n) is 65.5. The molecule has 0 aliphatic rings. The van der Waals surface area contributed by atoms with Crippen LogP contribution in [0.5, 0.6) is 0 Å². The Bertz CT molecular complexity index is 2730. The molecular formula is C87H140O17P2. The normalized spacial score (nSPS) is 14.8. The first-order valence-corrected chi connectivity index (χ1v) is 43.0. The minimum absolute atomic E-state index is 0.0228. The zero-order valence-corrected chi connectivity index (χ0v) is 67.3. The summed E-state index contributed by atoms with van der Waals surface area (Å²) in [5.74, 6) is -2.34. The summed E-state index contributed by atoms with van der Waals surface area (Å²) in [5.41, 5.74) is 0. The first-order chi connectivity index (χ1) is 51.7. The molecule has 0 aromatic rings. The molecule has 0 spiro atoms. The Morgan fingerprint density at radius 3 is 0.811 bits per heavy atom. The van der Waals surface area contributed by atoms with Crippen molar-refractivity contribution in [3.63, 3.8) is 0 Å². The highest BCUT2D eigenvalue weighted by molar-refractivity contribution is 7.47. The molecule has 0 radical (unpaired) electrons. The lowest BCUT2D eigenvalue weighted by Gasteiger charge is -2.21. The Kier molecular flexibility index (Phi) is 73.1. The summed E-state index contributed by atoms with van der Waals surface area (Å²) in [6.45, 7) is 4.34. The first kappa shape index (κ1) is 100. The maximum absolute atomic E-state index is 13.1. The second-order valence-electron chi connectivity index (χ2n) is 25.9. The predicted molar refractivity (Wildman–Crippen MR) is 436 cm³/mol. The van der Waals surface area contributed by atoms with Gasteiger partial charge in [-0.05, 0) is 173 Å². The molecule has 106 heavy (non-hydrogen) atoms. The van der Waals surface area contributed by atoms with E-state index >= 15 is 0 Å². The number of aliphatic hydroxyl groups is 1. The Hall–Kier alpha value is -5.84. The number of carbonyl (C=O) groups excluding carboxylic acids is 4. The third kappa shape index (κ3) is 76.4. The summed E-state index contributed by atoms with van der Waals surface area (Å²) < 4.78 is 68.5. The highest BCUT2D eigenvalue weighted by Crippen LogP contribution is 2.45. The molecule has 19 heteroatoms. The van der Waals surface area contributed by atoms with Crippen molar-refractivity contribution in [1.29, 1.82) is 0 Å². The molecule has 0 aromatic heterocycles. The van der Waals surface area contributed by atoms with E-state index in [-0.39, 0.29) is 25.7 Å². The van der Waals surface area contributed by atoms with E-state index in [1.54, 1.807) is 0 Å². The average molecular weight is 1520 g/mol. The second kappa shape index (κ2) is 77.3. The van der Waals surface area contributed by atoms with Crippen LogP contribution >= 0.6 is 15.6 Å². The number of ether oxygens (including phenoxy) is 4. The fourth-order valence-electron chi connectivity index (χ4n) is 9.85. The molecule has 600 valence electrons. The number of esters is 4. The van der Waals surface area contributed by atoms with Gasteiger partial charge in [-0.2, -0.15) is 0 Å². The molecule has 0 aliphatic heterocycles. The van der Waals surface area contributed by atoms with Crippen LogP contribution in [-0.4, -0.2) is 96.7 Å². The lowest BCUT2D eigenvalue weighted by molar-refractivity contribution is -0.161. The minimum atomic E-state index is -5.01. The van der Waals surface area contributed by atoms with Gasteiger partial charge in [0.2, 0.25) is 0 Å². The molecule has 0 rings (SSSR count). The van der Waals surface area contributed by atoms with Gasteiger partial charge in [0, 0.05) is 25.7 Å². The number of hydrogen-bond acceptors (Lipinski definition) is 15. The van der Waals surface area contributed by atoms with E-state index in [1.807, 2.05) is 12.2 Å². The van der Waals surface area contributed by atoms with Crippen molar-refractivity contribution in [1.82, 2.24) is 0 Å². The van der Waals surface area contributed by atoms with Gasteiger partial charge in [-0.3, -0.25) is 37.3 Å². The zero-order chi connectivity index (χ0) is 77.4. The van der Waals surface area contributed by atoms with Crippen LogP contribution in [0.2, 0.25) is 0 Å². The van der Waals surface area contributed by atoms with Gasteiger partial charge in [0.15, 0.2) is 12.2 Å². The number of hydrogen-bond donors (Lipinski definition) is 3. The molecule has 0 saturated carbocycles. The summed E-state index contributed by atoms with van der Waals surface area (Å²) in [4.78, 5) is 73.0. The summed E-state index contributed by atoms with van der Waals surface area (Å²) in [6.07, 6.45) is 93.1. The van der Waals surface area contributed by atoms with Crippen LogP contribution in [0.3, 0.4) is 0 Å². The molecule has 0 aliphatic carbocycles. The Labute approximate surface area is 641 Å². The largest absolute Gasteiger partial charge is 0.472 e. The van der Waals surface area contributed by atoms with E-state index in [0.717, 1.165) is 173 Å². The Morgan fingerprint density at radius 2 is 0.500 bits per heavy atom. The predicted octanol–water partition coefficient (Wildman–Crippen LogP) is 23.6. The fraction of sp³-hybridized carbons (Fsp3) is 0.609. The molecule has 5 unspecified atom stereocenters. The van der Waals surface area contributed by atoms with Gasteiger partial charge < -0.3 is 33.8 Å². The van der Waals surface area contributed by atoms with Crippen LogP contribution in [0.1, 0.15) is 285 Å². The summed E-state index contributed by atoms with van der Waals surface area (Å²) in [5, 5.41) is 10.6. The van der Waals surface area contributed by atoms with E-state index in [1.165, 1.54) is 19.3 Å². The molecule has 0 heterocycles. The van der Waals surface area contributed by atoms with E-state index < -0.39 is 97.5 Å². The summed E-state index contributed by atoms with van der Waals surface area (Å²) >= 11 is 0. The average Bonchev–Trinajstić information content (AvgIpc) is 0.928. The van der Waals surface area contributed by atoms with E-state index in [9.17, 15) is 43.2 Å². The van der Waals surface area contributed by atoms with Gasteiger partial charge in [-0.15, -0.1) is 0 Å². The standard InChI is InChI=1S/C87H140O17P2/c1-5-9-13-17-21-25-29-33-37-39-40-42-46-48-52-56-60-64-68-72-85(90)98-78-83(104-87(92)74-70-66-62-58-54-50-44-36-32-28-24-20-16-12-8-4)80-102-106(95,96)100-76-81(88)75-99-105(93,94)101-79-82(103-86(91)73-69-65-61-57-53-49-43-35-31-27-23-19-15-11-7-3)77-97-84(89)71-67-63-59-55-51-47-45-41-38-34-30-26-22-18-14-10-6-2/h10-12,14-16,21-28,33-38,40,42-45,47,53,55,57,59,81-83,88H,5-9,13,17-20,29-32,39,41,46,48-52,54,56,58,60-80H2,1-4H3,(H,93,94)(H,95,96)/b14-10-,15-11-,16-12-,25-21-,26-22-,27-23-,28-24-,37-33-,38-34-,42-40-,43-35-,44-36-,47-45-,57-53-,59-55-. The molecule has 0 saturated heterocycles. The first-order valence-electron chi connectivity index (χ1n) is 40.0. The number of aliphatic hydroxyl groups excluding tert-OH is 1. The molecule has 0 fully saturated rings. The van der Waals surface area contributed by atoms with Crippen molar-refractivity contribution in [2.75, 3.05) is 39.6 Å². The number of carbonyl (C=O) groups is 4. The lowest BCUT2D eigenvalue weighted by atomic mass is 10.1. The number of allylic oxidation sites excluding steroid dienone is 30. The van der Waals surface area contributed by atoms with Crippen molar-refractivity contribution in [2.45, 2.75) is 303 Å². The van der Waals surface area contributed by atoms with E-state index in [2.05, 4.69) is 198 Å². The van der Waals surface area contributed by atoms with Gasteiger partial charge in [0.05, 0.1) is 26.4 Å². The Balaban J connectivity index is 5.48. The molecule has 0 bridgehead atoms. The SMILES string of the molecule is CC/C=C\C/C=C\C/C=C\C/C=C\C/C=C\CCCC(=O)OCC(COP(=O)(O)OCC(O)COP(=O)(O)OCC(COC(=O)CCCCCCCC/C=C\C/C=C\C/C=C\CCCCC)OC(=O)CCCCCCC/C=C\C/C=C\C/C=C\CC)OC(=O)CCCC/C=C\C/C=C\C/C=C\C/C=C\CC. The molecule has 17 nitrogen and oxygen atoms in total. The molecular weight excluding hydrogens is 1380 g/mol. The molecule has 0 amide bonds. The van der Waals surface area contributed by atoms with Gasteiger partial charge >= 0.3 is 39.5 Å². The maximum Gasteiger partial charge on any atom is 0.472 e. The number of phosphoric ester groups is 2. The number of phosphoric acid groups is 2. The van der Waals surface area contributed by atoms with Crippen LogP contribution < -0.4 is 0 Å². The van der Waals surface area contributed by atoms with Crippen molar-refractivity contribution >= 4 is 39.5 Å². The van der Waals surface area contributed by atoms with Crippen LogP contribution in [0, 0.1) is 0 Å². The maximum atomic E-state index is 13.1. The fourth-order valence-corrected chi connectivity index (χ4v) is 11.4. The smallest absolute Gasteiger partial charge is 0.462 e. The molecule has 5 atom stereocenters. The summed E-state index contributed by atoms with van der Waals surface area (Å²) in [6, 6.07) is 0. The third-order valence-electron chi connectivity index (χ3n) is 15.8. The molecule has 3 N–H and O–H groups in total. The van der Waals surface area contributed by atoms with Crippen LogP contribution in [-0.2, 0) is 65.4 Å². The topological polar surface area (TPSA) is 237 Å². The van der Waals surface area contributed by atoms with Crippen molar-refractivity contribution in [3.8, 4) is 0 Å². The van der Waals surface area contributed by atoms with Gasteiger partial charge in [0.25, 0.3) is 0 Å². The molecule has 0 aromatic carbocycles. The van der Waals surface area contributed by atoms with Crippen LogP contribution in [0.4, 0.5) is 0 Å². The Morgan fingerprint density at radius 1 is 0.274 bits per heavy atom. The van der Waals surface area contributed by atoms with Gasteiger partial charge in [-0.25, -0.2) is 9.13 Å². The summed E-state index contributed by atoms with van der Waals surface area (Å²) in [7, 11) is -10.0. The monoisotopic (exact) mass is 1520 g/mol.